The van der Waals surface area contributed by atoms with Crippen molar-refractivity contribution in [3.8, 4) is 0 Å². The van der Waals surface area contributed by atoms with E-state index in [-0.39, 0.29) is 6.03 Å². The molecule has 0 aliphatic carbocycles. The van der Waals surface area contributed by atoms with Gasteiger partial charge in [-0.05, 0) is 36.8 Å². The lowest BCUT2D eigenvalue weighted by molar-refractivity contribution is 0.246. The summed E-state index contributed by atoms with van der Waals surface area (Å²) in [4.78, 5) is 13.9. The first-order valence-electron chi connectivity index (χ1n) is 6.55. The Labute approximate surface area is 124 Å². The fourth-order valence-corrected chi connectivity index (χ4v) is 2.05. The summed E-state index contributed by atoms with van der Waals surface area (Å²) in [5, 5.41) is 3.61. The van der Waals surface area contributed by atoms with E-state index in [1.165, 1.54) is 0 Å². The zero-order valence-electron chi connectivity index (χ0n) is 11.3. The van der Waals surface area contributed by atoms with Crippen LogP contribution in [0.5, 0.6) is 0 Å². The summed E-state index contributed by atoms with van der Waals surface area (Å²) in [5.41, 5.74) is 1.91. The molecule has 0 radical (unpaired) electrons. The van der Waals surface area contributed by atoms with E-state index in [2.05, 4.69) is 5.32 Å². The van der Waals surface area contributed by atoms with E-state index in [0.717, 1.165) is 11.3 Å². The molecule has 0 fully saturated rings. The number of anilines is 1. The fraction of sp³-hybridized carbons (Fsp3) is 0.188. The number of nitrogens with zero attached hydrogens (tertiary/aromatic N) is 1. The summed E-state index contributed by atoms with van der Waals surface area (Å²) in [6, 6.07) is 17.0. The van der Waals surface area contributed by atoms with Crippen molar-refractivity contribution in [1.82, 2.24) is 5.32 Å². The van der Waals surface area contributed by atoms with Crippen molar-refractivity contribution >= 4 is 23.3 Å². The molecule has 0 aliphatic heterocycles. The molecule has 2 amide bonds. The molecule has 2 aromatic rings. The maximum Gasteiger partial charge on any atom is 0.322 e. The van der Waals surface area contributed by atoms with Gasteiger partial charge in [0.15, 0.2) is 0 Å². The van der Waals surface area contributed by atoms with Crippen LogP contribution < -0.4 is 10.2 Å². The molecule has 0 saturated heterocycles. The molecule has 1 N–H and O–H groups in total. The van der Waals surface area contributed by atoms with E-state index in [1.54, 1.807) is 4.90 Å². The normalized spacial score (nSPS) is 10.1. The molecule has 20 heavy (non-hydrogen) atoms. The average molecular weight is 289 g/mol. The van der Waals surface area contributed by atoms with Crippen LogP contribution >= 0.6 is 11.6 Å². The van der Waals surface area contributed by atoms with Gasteiger partial charge < -0.3 is 5.32 Å². The first-order chi connectivity index (χ1) is 9.70. The molecule has 0 aromatic heterocycles. The van der Waals surface area contributed by atoms with Gasteiger partial charge in [0.25, 0.3) is 0 Å². The number of urea groups is 1. The molecule has 2 rings (SSSR count). The number of rotatable bonds is 4. The Hall–Kier alpha value is -2.00. The number of halogens is 1. The van der Waals surface area contributed by atoms with Gasteiger partial charge >= 0.3 is 6.03 Å². The number of amides is 2. The van der Waals surface area contributed by atoms with E-state index in [1.807, 2.05) is 61.5 Å². The fourth-order valence-electron chi connectivity index (χ4n) is 1.93. The van der Waals surface area contributed by atoms with Gasteiger partial charge in [0.05, 0.1) is 0 Å². The average Bonchev–Trinajstić information content (AvgIpc) is 2.48. The van der Waals surface area contributed by atoms with Crippen LogP contribution in [0.25, 0.3) is 0 Å². The first-order valence-corrected chi connectivity index (χ1v) is 6.93. The van der Waals surface area contributed by atoms with E-state index >= 15 is 0 Å². The minimum atomic E-state index is -0.103. The topological polar surface area (TPSA) is 32.3 Å². The molecule has 0 bridgehead atoms. The molecule has 4 heteroatoms. The number of carbonyl (C=O) groups is 1. The van der Waals surface area contributed by atoms with Crippen LogP contribution in [0.2, 0.25) is 5.02 Å². The van der Waals surface area contributed by atoms with Crippen LogP contribution in [0.15, 0.2) is 54.6 Å². The number of nitrogens with one attached hydrogen (secondary N) is 1. The maximum atomic E-state index is 12.2. The molecular weight excluding hydrogens is 272 g/mol. The number of hydrogen-bond acceptors (Lipinski definition) is 1. The van der Waals surface area contributed by atoms with E-state index in [0.29, 0.717) is 18.1 Å². The van der Waals surface area contributed by atoms with Gasteiger partial charge in [-0.2, -0.15) is 0 Å². The Morgan fingerprint density at radius 3 is 2.35 bits per heavy atom. The van der Waals surface area contributed by atoms with Gasteiger partial charge in [-0.25, -0.2) is 4.79 Å². The number of benzene rings is 2. The first kappa shape index (κ1) is 14.4. The largest absolute Gasteiger partial charge is 0.334 e. The van der Waals surface area contributed by atoms with Gasteiger partial charge in [-0.15, -0.1) is 0 Å². The molecule has 0 atom stereocenters. The van der Waals surface area contributed by atoms with E-state index in [4.69, 9.17) is 11.6 Å². The number of para-hydroxylation sites is 1. The third kappa shape index (κ3) is 3.75. The summed E-state index contributed by atoms with van der Waals surface area (Å²) in [6.07, 6.45) is 0. The molecular formula is C16H17ClN2O. The second-order valence-electron chi connectivity index (χ2n) is 4.36. The standard InChI is InChI=1S/C16H17ClN2O/c1-2-19(15-6-4-3-5-7-15)16(20)18-12-13-8-10-14(17)11-9-13/h3-11H,2,12H2,1H3,(H,18,20). The third-order valence-corrected chi connectivity index (χ3v) is 3.24. The van der Waals surface area contributed by atoms with Gasteiger partial charge in [-0.3, -0.25) is 4.90 Å². The zero-order chi connectivity index (χ0) is 14.4. The SMILES string of the molecule is CCN(C(=O)NCc1ccc(Cl)cc1)c1ccccc1. The monoisotopic (exact) mass is 288 g/mol. The van der Waals surface area contributed by atoms with Crippen LogP contribution in [-0.4, -0.2) is 12.6 Å². The molecule has 0 unspecified atom stereocenters. The highest BCUT2D eigenvalue weighted by Gasteiger charge is 2.12. The smallest absolute Gasteiger partial charge is 0.322 e. The lowest BCUT2D eigenvalue weighted by atomic mass is 10.2. The molecule has 2 aromatic carbocycles. The minimum Gasteiger partial charge on any atom is -0.334 e. The summed E-state index contributed by atoms with van der Waals surface area (Å²) >= 11 is 5.83. The Bertz CT molecular complexity index is 554. The number of carbonyl (C=O) groups excluding carboxylic acids is 1. The van der Waals surface area contributed by atoms with Crippen molar-refractivity contribution in [2.24, 2.45) is 0 Å². The second-order valence-corrected chi connectivity index (χ2v) is 4.80. The molecule has 104 valence electrons. The highest BCUT2D eigenvalue weighted by Crippen LogP contribution is 2.13. The third-order valence-electron chi connectivity index (χ3n) is 2.99. The van der Waals surface area contributed by atoms with Crippen molar-refractivity contribution < 1.29 is 4.79 Å². The maximum absolute atomic E-state index is 12.2. The van der Waals surface area contributed by atoms with Crippen molar-refractivity contribution in [2.45, 2.75) is 13.5 Å². The lowest BCUT2D eigenvalue weighted by Crippen LogP contribution is -2.39. The van der Waals surface area contributed by atoms with Gasteiger partial charge in [0.1, 0.15) is 0 Å². The van der Waals surface area contributed by atoms with Gasteiger partial charge in [0, 0.05) is 23.8 Å². The van der Waals surface area contributed by atoms with Crippen LogP contribution in [-0.2, 0) is 6.54 Å². The van der Waals surface area contributed by atoms with Crippen molar-refractivity contribution in [3.63, 3.8) is 0 Å². The second kappa shape index (κ2) is 6.96. The molecule has 3 nitrogen and oxygen atoms in total. The molecule has 0 saturated carbocycles. The van der Waals surface area contributed by atoms with Crippen LogP contribution in [0.3, 0.4) is 0 Å². The van der Waals surface area contributed by atoms with Crippen LogP contribution in [0, 0.1) is 0 Å². The van der Waals surface area contributed by atoms with Crippen LogP contribution in [0.1, 0.15) is 12.5 Å². The van der Waals surface area contributed by atoms with Crippen LogP contribution in [0.4, 0.5) is 10.5 Å². The van der Waals surface area contributed by atoms with E-state index in [9.17, 15) is 4.79 Å². The van der Waals surface area contributed by atoms with Crippen molar-refractivity contribution in [1.29, 1.82) is 0 Å². The lowest BCUT2D eigenvalue weighted by Gasteiger charge is -2.21. The highest BCUT2D eigenvalue weighted by molar-refractivity contribution is 6.30. The summed E-state index contributed by atoms with van der Waals surface area (Å²) in [7, 11) is 0. The van der Waals surface area contributed by atoms with Crippen molar-refractivity contribution in [3.05, 3.63) is 65.2 Å². The highest BCUT2D eigenvalue weighted by atomic mass is 35.5. The molecule has 0 spiro atoms. The van der Waals surface area contributed by atoms with Gasteiger partial charge in [-0.1, -0.05) is 41.9 Å². The Morgan fingerprint density at radius 1 is 1.10 bits per heavy atom. The summed E-state index contributed by atoms with van der Waals surface area (Å²) in [6.45, 7) is 3.06. The number of hydrogen-bond donors (Lipinski definition) is 1. The molecule has 0 aliphatic rings. The Balaban J connectivity index is 1.98. The molecule has 0 heterocycles. The minimum absolute atomic E-state index is 0.103. The Morgan fingerprint density at radius 2 is 1.75 bits per heavy atom. The Kier molecular flexibility index (Phi) is 5.02. The van der Waals surface area contributed by atoms with Gasteiger partial charge in [0.2, 0.25) is 0 Å². The van der Waals surface area contributed by atoms with Crippen molar-refractivity contribution in [2.75, 3.05) is 11.4 Å². The summed E-state index contributed by atoms with van der Waals surface area (Å²) < 4.78 is 0. The quantitative estimate of drug-likeness (QED) is 0.903. The predicted molar refractivity (Wildman–Crippen MR) is 83.1 cm³/mol. The zero-order valence-corrected chi connectivity index (χ0v) is 12.1. The predicted octanol–water partition coefficient (Wildman–Crippen LogP) is 4.08. The summed E-state index contributed by atoms with van der Waals surface area (Å²) in [5.74, 6) is 0. The van der Waals surface area contributed by atoms with E-state index < -0.39 is 0 Å².